The summed E-state index contributed by atoms with van der Waals surface area (Å²) in [4.78, 5) is 0. The minimum atomic E-state index is 0.359. The first kappa shape index (κ1) is 11.7. The first-order valence-electron chi connectivity index (χ1n) is 6.19. The van der Waals surface area contributed by atoms with E-state index in [1.165, 1.54) is 27.8 Å². The van der Waals surface area contributed by atoms with E-state index in [2.05, 4.69) is 32.0 Å². The van der Waals surface area contributed by atoms with Crippen molar-refractivity contribution in [2.75, 3.05) is 0 Å². The molecule has 0 aliphatic carbocycles. The van der Waals surface area contributed by atoms with Gasteiger partial charge in [0.05, 0.1) is 0 Å². The van der Waals surface area contributed by atoms with Gasteiger partial charge in [-0.3, -0.25) is 0 Å². The fourth-order valence-electron chi connectivity index (χ4n) is 2.53. The molecule has 0 fully saturated rings. The van der Waals surface area contributed by atoms with Crippen LogP contribution < -0.4 is 0 Å². The van der Waals surface area contributed by atoms with Crippen LogP contribution in [0.15, 0.2) is 36.4 Å². The molecule has 0 bridgehead atoms. The Bertz CT molecular complexity index is 604. The number of hydrogen-bond acceptors (Lipinski definition) is 2. The number of phenolic OH excluding ortho intramolecular Hbond substituents is 1. The SMILES string of the molecule is Cc1ccc2c(c1)C(C)SCc1cc(O)ccc1-2. The lowest BCUT2D eigenvalue weighted by Crippen LogP contribution is -1.91. The van der Waals surface area contributed by atoms with Gasteiger partial charge < -0.3 is 5.11 Å². The van der Waals surface area contributed by atoms with Gasteiger partial charge in [0.15, 0.2) is 0 Å². The molecule has 1 nitrogen and oxygen atoms in total. The number of hydrogen-bond donors (Lipinski definition) is 1. The van der Waals surface area contributed by atoms with Gasteiger partial charge in [0.2, 0.25) is 0 Å². The zero-order valence-corrected chi connectivity index (χ0v) is 11.4. The van der Waals surface area contributed by atoms with Crippen molar-refractivity contribution >= 4 is 11.8 Å². The predicted molar refractivity (Wildman–Crippen MR) is 78.0 cm³/mol. The van der Waals surface area contributed by atoms with Crippen LogP contribution in [0.2, 0.25) is 0 Å². The van der Waals surface area contributed by atoms with Gasteiger partial charge >= 0.3 is 0 Å². The van der Waals surface area contributed by atoms with E-state index in [1.54, 1.807) is 6.07 Å². The van der Waals surface area contributed by atoms with Crippen molar-refractivity contribution in [3.8, 4) is 16.9 Å². The zero-order valence-electron chi connectivity index (χ0n) is 10.6. The van der Waals surface area contributed by atoms with Gasteiger partial charge in [-0.1, -0.05) is 29.8 Å². The summed E-state index contributed by atoms with van der Waals surface area (Å²) in [6.45, 7) is 4.40. The second kappa shape index (κ2) is 4.36. The molecule has 18 heavy (non-hydrogen) atoms. The molecule has 1 atom stereocenters. The van der Waals surface area contributed by atoms with E-state index in [-0.39, 0.29) is 0 Å². The predicted octanol–water partition coefficient (Wildman–Crippen LogP) is 4.68. The van der Waals surface area contributed by atoms with Crippen molar-refractivity contribution in [2.45, 2.75) is 24.9 Å². The quantitative estimate of drug-likeness (QED) is 0.738. The van der Waals surface area contributed by atoms with Crippen molar-refractivity contribution in [3.63, 3.8) is 0 Å². The molecule has 2 aromatic rings. The Morgan fingerprint density at radius 2 is 1.89 bits per heavy atom. The minimum absolute atomic E-state index is 0.359. The number of aryl methyl sites for hydroxylation is 1. The zero-order chi connectivity index (χ0) is 12.7. The molecule has 0 amide bonds. The van der Waals surface area contributed by atoms with Crippen LogP contribution in [-0.4, -0.2) is 5.11 Å². The largest absolute Gasteiger partial charge is 0.508 e. The first-order valence-corrected chi connectivity index (χ1v) is 7.24. The molecular weight excluding hydrogens is 240 g/mol. The van der Waals surface area contributed by atoms with E-state index in [0.29, 0.717) is 11.0 Å². The third-order valence-corrected chi connectivity index (χ3v) is 4.74. The Labute approximate surface area is 112 Å². The number of aromatic hydroxyl groups is 1. The number of phenols is 1. The summed E-state index contributed by atoms with van der Waals surface area (Å²) in [6, 6.07) is 12.4. The highest BCUT2D eigenvalue weighted by Gasteiger charge is 2.19. The molecule has 1 aliphatic rings. The average molecular weight is 256 g/mol. The highest BCUT2D eigenvalue weighted by Crippen LogP contribution is 2.44. The Morgan fingerprint density at radius 1 is 1.11 bits per heavy atom. The Kier molecular flexibility index (Phi) is 2.83. The van der Waals surface area contributed by atoms with Crippen LogP contribution in [-0.2, 0) is 5.75 Å². The molecule has 2 heteroatoms. The van der Waals surface area contributed by atoms with Crippen molar-refractivity contribution in [3.05, 3.63) is 53.1 Å². The molecule has 0 aromatic heterocycles. The normalized spacial score (nSPS) is 17.8. The van der Waals surface area contributed by atoms with Crippen LogP contribution in [0.1, 0.15) is 28.9 Å². The summed E-state index contributed by atoms with van der Waals surface area (Å²) in [6.07, 6.45) is 0. The maximum Gasteiger partial charge on any atom is 0.115 e. The Hall–Kier alpha value is -1.41. The molecule has 2 aromatic carbocycles. The molecule has 3 rings (SSSR count). The summed E-state index contributed by atoms with van der Waals surface area (Å²) >= 11 is 1.93. The Balaban J connectivity index is 2.26. The maximum atomic E-state index is 9.63. The van der Waals surface area contributed by atoms with Crippen molar-refractivity contribution < 1.29 is 5.11 Å². The molecule has 92 valence electrons. The molecule has 0 spiro atoms. The van der Waals surface area contributed by atoms with E-state index in [4.69, 9.17) is 0 Å². The van der Waals surface area contributed by atoms with E-state index in [1.807, 2.05) is 23.9 Å². The van der Waals surface area contributed by atoms with E-state index < -0.39 is 0 Å². The van der Waals surface area contributed by atoms with Gasteiger partial charge in [-0.2, -0.15) is 0 Å². The van der Waals surface area contributed by atoms with Gasteiger partial charge in [0, 0.05) is 11.0 Å². The van der Waals surface area contributed by atoms with Crippen molar-refractivity contribution in [1.82, 2.24) is 0 Å². The first-order chi connectivity index (χ1) is 8.65. The fourth-order valence-corrected chi connectivity index (χ4v) is 3.57. The third-order valence-electron chi connectivity index (χ3n) is 3.51. The summed E-state index contributed by atoms with van der Waals surface area (Å²) in [5.41, 5.74) is 6.52. The van der Waals surface area contributed by atoms with Crippen LogP contribution in [0.3, 0.4) is 0 Å². The third kappa shape index (κ3) is 1.91. The summed E-state index contributed by atoms with van der Waals surface area (Å²) in [5.74, 6) is 1.32. The lowest BCUT2D eigenvalue weighted by Gasteiger charge is -2.13. The van der Waals surface area contributed by atoms with E-state index >= 15 is 0 Å². The van der Waals surface area contributed by atoms with Crippen LogP contribution in [0.5, 0.6) is 5.75 Å². The Morgan fingerprint density at radius 3 is 2.72 bits per heavy atom. The van der Waals surface area contributed by atoms with E-state index in [9.17, 15) is 5.11 Å². The highest BCUT2D eigenvalue weighted by molar-refractivity contribution is 7.98. The van der Waals surface area contributed by atoms with Crippen molar-refractivity contribution in [2.24, 2.45) is 0 Å². The molecule has 1 aliphatic heterocycles. The summed E-state index contributed by atoms with van der Waals surface area (Å²) in [7, 11) is 0. The minimum Gasteiger partial charge on any atom is -0.508 e. The highest BCUT2D eigenvalue weighted by atomic mass is 32.2. The number of fused-ring (bicyclic) bond motifs is 3. The van der Waals surface area contributed by atoms with Gasteiger partial charge in [-0.05, 0) is 48.2 Å². The summed E-state index contributed by atoms with van der Waals surface area (Å²) < 4.78 is 0. The van der Waals surface area contributed by atoms with Gasteiger partial charge in [-0.25, -0.2) is 0 Å². The monoisotopic (exact) mass is 256 g/mol. The second-order valence-corrected chi connectivity index (χ2v) is 6.21. The van der Waals surface area contributed by atoms with Gasteiger partial charge in [-0.15, -0.1) is 11.8 Å². The second-order valence-electron chi connectivity index (χ2n) is 4.89. The van der Waals surface area contributed by atoms with Gasteiger partial charge in [0.25, 0.3) is 0 Å². The maximum absolute atomic E-state index is 9.63. The molecule has 0 saturated heterocycles. The average Bonchev–Trinajstić information content (AvgIpc) is 2.48. The molecule has 1 unspecified atom stereocenters. The fraction of sp³-hybridized carbons (Fsp3) is 0.250. The van der Waals surface area contributed by atoms with Crippen LogP contribution in [0.25, 0.3) is 11.1 Å². The van der Waals surface area contributed by atoms with Gasteiger partial charge in [0.1, 0.15) is 5.75 Å². The van der Waals surface area contributed by atoms with Crippen LogP contribution in [0, 0.1) is 6.92 Å². The molecule has 1 N–H and O–H groups in total. The van der Waals surface area contributed by atoms with Crippen molar-refractivity contribution in [1.29, 1.82) is 0 Å². The van der Waals surface area contributed by atoms with Crippen LogP contribution >= 0.6 is 11.8 Å². The molecule has 0 saturated carbocycles. The number of rotatable bonds is 0. The number of benzene rings is 2. The molecular formula is C16H16OS. The standard InChI is InChI=1S/C16H16OS/c1-10-3-5-15-14-6-4-13(17)8-12(14)9-18-11(2)16(15)7-10/h3-8,11,17H,9H2,1-2H3. The lowest BCUT2D eigenvalue weighted by atomic mass is 9.93. The smallest absolute Gasteiger partial charge is 0.115 e. The lowest BCUT2D eigenvalue weighted by molar-refractivity contribution is 0.475. The number of thioether (sulfide) groups is 1. The van der Waals surface area contributed by atoms with E-state index in [0.717, 1.165) is 5.75 Å². The molecule has 0 radical (unpaired) electrons. The van der Waals surface area contributed by atoms with Crippen LogP contribution in [0.4, 0.5) is 0 Å². The summed E-state index contributed by atoms with van der Waals surface area (Å²) in [5, 5.41) is 10.1. The molecule has 1 heterocycles. The topological polar surface area (TPSA) is 20.2 Å².